The molecule has 1 nitrogen and oxygen atoms in total. The Labute approximate surface area is 216 Å². The van der Waals surface area contributed by atoms with Crippen LogP contribution in [0.2, 0.25) is 13.1 Å². The SMILES string of the molecule is Cc1c2c(c3c4c(cccc14)CCC3)P(C)c1cc([Si](C)(C)c3ccccc3)cc3cc[n+](C)c-2c13. The van der Waals surface area contributed by atoms with E-state index in [2.05, 4.69) is 111 Å². The van der Waals surface area contributed by atoms with Crippen LogP contribution in [-0.2, 0) is 19.9 Å². The molecule has 1 unspecified atom stereocenters. The molecule has 0 radical (unpaired) electrons. The predicted octanol–water partition coefficient (Wildman–Crippen LogP) is 5.48. The average Bonchev–Trinajstić information content (AvgIpc) is 2.90. The number of pyridine rings is 1. The highest BCUT2D eigenvalue weighted by Gasteiger charge is 2.37. The van der Waals surface area contributed by atoms with Crippen LogP contribution < -0.4 is 25.5 Å². The smallest absolute Gasteiger partial charge is 0.200 e. The number of hydrogen-bond acceptors (Lipinski definition) is 0. The third-order valence-electron chi connectivity index (χ3n) is 8.99. The van der Waals surface area contributed by atoms with E-state index in [9.17, 15) is 0 Å². The number of hydrogen-bond donors (Lipinski definition) is 0. The minimum absolute atomic E-state index is 0.443. The Hall–Kier alpha value is -2.80. The van der Waals surface area contributed by atoms with E-state index in [0.717, 1.165) is 0 Å². The molecule has 0 saturated carbocycles. The van der Waals surface area contributed by atoms with E-state index in [4.69, 9.17) is 0 Å². The van der Waals surface area contributed by atoms with Gasteiger partial charge >= 0.3 is 0 Å². The Morgan fingerprint density at radius 2 is 1.67 bits per heavy atom. The van der Waals surface area contributed by atoms with Gasteiger partial charge in [0, 0.05) is 6.07 Å². The molecule has 1 aliphatic heterocycles. The van der Waals surface area contributed by atoms with Gasteiger partial charge in [0.15, 0.2) is 6.20 Å². The molecule has 1 aromatic heterocycles. The van der Waals surface area contributed by atoms with Crippen LogP contribution in [0.15, 0.2) is 72.9 Å². The van der Waals surface area contributed by atoms with Crippen molar-refractivity contribution in [2.75, 3.05) is 6.66 Å². The zero-order valence-electron chi connectivity index (χ0n) is 21.9. The van der Waals surface area contributed by atoms with Gasteiger partial charge in [-0.1, -0.05) is 84.1 Å². The molecule has 0 bridgehead atoms. The highest BCUT2D eigenvalue weighted by Crippen LogP contribution is 2.48. The van der Waals surface area contributed by atoms with E-state index in [0.29, 0.717) is 0 Å². The van der Waals surface area contributed by atoms with Gasteiger partial charge in [-0.15, -0.1) is 0 Å². The first-order valence-electron chi connectivity index (χ1n) is 13.2. The van der Waals surface area contributed by atoms with Crippen molar-refractivity contribution in [3.8, 4) is 11.3 Å². The Morgan fingerprint density at radius 1 is 0.861 bits per heavy atom. The second-order valence-electron chi connectivity index (χ2n) is 11.3. The maximum atomic E-state index is 2.63. The number of nitrogens with zero attached hydrogens (tertiary/aromatic N) is 1. The molecule has 7 rings (SSSR count). The molecule has 5 aromatic rings. The first-order valence-corrected chi connectivity index (χ1v) is 18.0. The summed E-state index contributed by atoms with van der Waals surface area (Å²) in [6.45, 7) is 9.95. The summed E-state index contributed by atoms with van der Waals surface area (Å²) in [6, 6.07) is 25.7. The van der Waals surface area contributed by atoms with Gasteiger partial charge in [0.05, 0.1) is 10.9 Å². The standard InChI is InChI=1S/C33H33NPSi/c1-21-26-15-9-11-22-12-10-16-27(30(22)26)33-29(21)32-31-23(17-18-34(32)2)19-25(20-28(31)35(33)3)36(4,5)24-13-7-6-8-14-24/h6-9,11,13-15,17-20H,10,12,16H2,1-5H3/q+1. The molecule has 2 heterocycles. The number of aryl methyl sites for hydroxylation is 4. The van der Waals surface area contributed by atoms with Gasteiger partial charge in [-0.05, 0) is 84.2 Å². The fraction of sp³-hybridized carbons (Fsp3) is 0.242. The van der Waals surface area contributed by atoms with Crippen LogP contribution in [0.25, 0.3) is 32.8 Å². The number of rotatable bonds is 2. The summed E-state index contributed by atoms with van der Waals surface area (Å²) in [7, 11) is -0.0184. The average molecular weight is 503 g/mol. The summed E-state index contributed by atoms with van der Waals surface area (Å²) < 4.78 is 2.39. The zero-order valence-corrected chi connectivity index (χ0v) is 23.8. The summed E-state index contributed by atoms with van der Waals surface area (Å²) in [5, 5.41) is 12.3. The Kier molecular flexibility index (Phi) is 4.88. The van der Waals surface area contributed by atoms with E-state index in [1.165, 1.54) is 57.4 Å². The van der Waals surface area contributed by atoms with E-state index in [1.54, 1.807) is 32.3 Å². The second-order valence-corrected chi connectivity index (χ2v) is 17.8. The highest BCUT2D eigenvalue weighted by atomic mass is 31.1. The molecule has 0 fully saturated rings. The van der Waals surface area contributed by atoms with Crippen molar-refractivity contribution in [2.45, 2.75) is 39.3 Å². The summed E-state index contributed by atoms with van der Waals surface area (Å²) in [4.78, 5) is 0. The Balaban J connectivity index is 1.60. The van der Waals surface area contributed by atoms with Gasteiger partial charge in [-0.2, -0.15) is 0 Å². The van der Waals surface area contributed by atoms with Crippen molar-refractivity contribution in [3.63, 3.8) is 0 Å². The monoisotopic (exact) mass is 502 g/mol. The van der Waals surface area contributed by atoms with E-state index in [1.807, 2.05) is 0 Å². The van der Waals surface area contributed by atoms with Crippen molar-refractivity contribution in [2.24, 2.45) is 7.05 Å². The van der Waals surface area contributed by atoms with Crippen LogP contribution >= 0.6 is 7.92 Å². The number of aromatic nitrogens is 1. The minimum atomic E-state index is -1.82. The third-order valence-corrected chi connectivity index (χ3v) is 14.7. The normalized spacial score (nSPS) is 16.4. The van der Waals surface area contributed by atoms with Crippen LogP contribution in [0.5, 0.6) is 0 Å². The second kappa shape index (κ2) is 7.85. The molecule has 0 spiro atoms. The molecule has 0 saturated heterocycles. The Bertz CT molecular complexity index is 1720. The van der Waals surface area contributed by atoms with Crippen molar-refractivity contribution < 1.29 is 4.57 Å². The molecule has 3 heteroatoms. The highest BCUT2D eigenvalue weighted by molar-refractivity contribution is 7.73. The van der Waals surface area contributed by atoms with E-state index >= 15 is 0 Å². The maximum absolute atomic E-state index is 2.63. The molecular formula is C33H33NPSi+. The molecule has 1 atom stereocenters. The quantitative estimate of drug-likeness (QED) is 0.171. The molecule has 0 amide bonds. The summed E-state index contributed by atoms with van der Waals surface area (Å²) in [6.07, 6.45) is 5.98. The first-order chi connectivity index (χ1) is 17.4. The first kappa shape index (κ1) is 22.4. The summed E-state index contributed by atoms with van der Waals surface area (Å²) in [5.41, 5.74) is 7.63. The van der Waals surface area contributed by atoms with Crippen molar-refractivity contribution in [1.82, 2.24) is 0 Å². The molecule has 1 aliphatic carbocycles. The summed E-state index contributed by atoms with van der Waals surface area (Å²) in [5.74, 6) is 0. The van der Waals surface area contributed by atoms with Crippen LogP contribution in [-0.4, -0.2) is 14.7 Å². The van der Waals surface area contributed by atoms with Crippen LogP contribution in [0, 0.1) is 6.92 Å². The molecule has 2 aliphatic rings. The fourth-order valence-corrected chi connectivity index (χ4v) is 11.9. The van der Waals surface area contributed by atoms with Gasteiger partial charge in [0.2, 0.25) is 5.69 Å². The van der Waals surface area contributed by atoms with E-state index in [-0.39, 0.29) is 0 Å². The lowest BCUT2D eigenvalue weighted by Crippen LogP contribution is -2.53. The van der Waals surface area contributed by atoms with Gasteiger partial charge in [-0.25, -0.2) is 4.57 Å². The lowest BCUT2D eigenvalue weighted by Gasteiger charge is -2.33. The van der Waals surface area contributed by atoms with Crippen LogP contribution in [0.3, 0.4) is 0 Å². The fourth-order valence-electron chi connectivity index (χ4n) is 6.97. The minimum Gasteiger partial charge on any atom is -0.200 e. The lowest BCUT2D eigenvalue weighted by molar-refractivity contribution is -0.659. The predicted molar refractivity (Wildman–Crippen MR) is 160 cm³/mol. The van der Waals surface area contributed by atoms with Gasteiger partial charge in [0.1, 0.15) is 15.1 Å². The molecule has 178 valence electrons. The van der Waals surface area contributed by atoms with Gasteiger partial charge in [-0.3, -0.25) is 0 Å². The van der Waals surface area contributed by atoms with Crippen LogP contribution in [0.1, 0.15) is 23.1 Å². The number of fused-ring (bicyclic) bond motifs is 3. The van der Waals surface area contributed by atoms with Crippen molar-refractivity contribution >= 4 is 58.5 Å². The van der Waals surface area contributed by atoms with Crippen molar-refractivity contribution in [1.29, 1.82) is 0 Å². The van der Waals surface area contributed by atoms with E-state index < -0.39 is 16.0 Å². The maximum Gasteiger partial charge on any atom is 0.221 e. The third kappa shape index (κ3) is 2.95. The largest absolute Gasteiger partial charge is 0.221 e. The lowest BCUT2D eigenvalue weighted by atomic mass is 9.83. The van der Waals surface area contributed by atoms with Crippen molar-refractivity contribution in [3.05, 3.63) is 89.6 Å². The zero-order chi connectivity index (χ0) is 24.8. The topological polar surface area (TPSA) is 3.88 Å². The Morgan fingerprint density at radius 3 is 2.47 bits per heavy atom. The molecule has 4 aromatic carbocycles. The van der Waals surface area contributed by atoms with Crippen LogP contribution in [0.4, 0.5) is 0 Å². The molecule has 0 N–H and O–H groups in total. The summed E-state index contributed by atoms with van der Waals surface area (Å²) >= 11 is 0. The number of benzene rings is 4. The van der Waals surface area contributed by atoms with Gasteiger partial charge < -0.3 is 0 Å². The molecule has 36 heavy (non-hydrogen) atoms. The van der Waals surface area contributed by atoms with Gasteiger partial charge in [0.25, 0.3) is 0 Å². The molecular weight excluding hydrogens is 469 g/mol.